The van der Waals surface area contributed by atoms with Crippen molar-refractivity contribution in [3.63, 3.8) is 0 Å². The zero-order valence-corrected chi connectivity index (χ0v) is 15.4. The molecule has 0 unspecified atom stereocenters. The summed E-state index contributed by atoms with van der Waals surface area (Å²) < 4.78 is 5.97. The van der Waals surface area contributed by atoms with Crippen LogP contribution in [0.1, 0.15) is 24.0 Å². The lowest BCUT2D eigenvalue weighted by molar-refractivity contribution is 0.291. The van der Waals surface area contributed by atoms with Gasteiger partial charge in [0.1, 0.15) is 5.75 Å². The van der Waals surface area contributed by atoms with Gasteiger partial charge in [-0.25, -0.2) is 0 Å². The van der Waals surface area contributed by atoms with Crippen molar-refractivity contribution in [2.75, 3.05) is 27.2 Å². The van der Waals surface area contributed by atoms with Gasteiger partial charge in [0.2, 0.25) is 0 Å². The topological polar surface area (TPSA) is 12.5 Å². The molecule has 23 heavy (non-hydrogen) atoms. The lowest BCUT2D eigenvalue weighted by Gasteiger charge is -2.13. The van der Waals surface area contributed by atoms with Gasteiger partial charge in [0.05, 0.1) is 6.61 Å². The SMILES string of the molecule is CN(C)CCCCOc1ccc(Cl)cc1Cc1ccccc1.Cl. The van der Waals surface area contributed by atoms with Gasteiger partial charge in [-0.05, 0) is 62.8 Å². The predicted octanol–water partition coefficient (Wildman–Crippen LogP) is 5.07. The molecule has 0 radical (unpaired) electrons. The number of ether oxygens (including phenoxy) is 1. The molecule has 0 aliphatic rings. The van der Waals surface area contributed by atoms with Crippen molar-refractivity contribution in [1.82, 2.24) is 4.90 Å². The normalized spacial score (nSPS) is 10.4. The largest absolute Gasteiger partial charge is 0.493 e. The van der Waals surface area contributed by atoms with E-state index >= 15 is 0 Å². The van der Waals surface area contributed by atoms with E-state index in [1.165, 1.54) is 5.56 Å². The molecule has 0 atom stereocenters. The van der Waals surface area contributed by atoms with Crippen LogP contribution in [0.25, 0.3) is 0 Å². The molecule has 2 aromatic rings. The smallest absolute Gasteiger partial charge is 0.122 e. The Bertz CT molecular complexity index is 573. The first kappa shape index (κ1) is 19.8. The van der Waals surface area contributed by atoms with Gasteiger partial charge in [-0.15, -0.1) is 12.4 Å². The van der Waals surface area contributed by atoms with Crippen LogP contribution in [-0.4, -0.2) is 32.1 Å². The molecule has 0 saturated carbocycles. The molecule has 2 rings (SSSR count). The Labute approximate surface area is 150 Å². The summed E-state index contributed by atoms with van der Waals surface area (Å²) in [7, 11) is 4.19. The summed E-state index contributed by atoms with van der Waals surface area (Å²) in [5, 5.41) is 0.755. The molecular weight excluding hydrogens is 329 g/mol. The van der Waals surface area contributed by atoms with Crippen LogP contribution in [0, 0.1) is 0 Å². The van der Waals surface area contributed by atoms with Crippen molar-refractivity contribution < 1.29 is 4.74 Å². The molecule has 0 aliphatic heterocycles. The van der Waals surface area contributed by atoms with Crippen LogP contribution in [0.4, 0.5) is 0 Å². The standard InChI is InChI=1S/C19H24ClNO.ClH/c1-21(2)12-6-7-13-22-19-11-10-18(20)15-17(19)14-16-8-4-3-5-9-16;/h3-5,8-11,15H,6-7,12-14H2,1-2H3;1H. The molecule has 0 saturated heterocycles. The number of halogens is 2. The van der Waals surface area contributed by atoms with E-state index in [2.05, 4.69) is 43.3 Å². The Balaban J connectivity index is 0.00000264. The van der Waals surface area contributed by atoms with Gasteiger partial charge in [0.25, 0.3) is 0 Å². The van der Waals surface area contributed by atoms with Crippen molar-refractivity contribution in [2.45, 2.75) is 19.3 Å². The van der Waals surface area contributed by atoms with Crippen molar-refractivity contribution >= 4 is 24.0 Å². The van der Waals surface area contributed by atoms with Gasteiger partial charge in [-0.2, -0.15) is 0 Å². The molecule has 4 heteroatoms. The van der Waals surface area contributed by atoms with E-state index in [9.17, 15) is 0 Å². The summed E-state index contributed by atoms with van der Waals surface area (Å²) in [5.74, 6) is 0.943. The molecular formula is C19H25Cl2NO. The Hall–Kier alpha value is -1.22. The van der Waals surface area contributed by atoms with E-state index in [1.807, 2.05) is 24.3 Å². The van der Waals surface area contributed by atoms with E-state index in [-0.39, 0.29) is 12.4 Å². The maximum absolute atomic E-state index is 6.14. The van der Waals surface area contributed by atoms with Crippen LogP contribution >= 0.6 is 24.0 Å². The zero-order valence-electron chi connectivity index (χ0n) is 13.8. The molecule has 0 bridgehead atoms. The quantitative estimate of drug-likeness (QED) is 0.614. The van der Waals surface area contributed by atoms with E-state index in [4.69, 9.17) is 16.3 Å². The molecule has 0 fully saturated rings. The highest BCUT2D eigenvalue weighted by Crippen LogP contribution is 2.25. The number of hydrogen-bond donors (Lipinski definition) is 0. The van der Waals surface area contributed by atoms with Crippen LogP contribution in [0.3, 0.4) is 0 Å². The van der Waals surface area contributed by atoms with Crippen molar-refractivity contribution in [3.05, 3.63) is 64.7 Å². The summed E-state index contributed by atoms with van der Waals surface area (Å²) in [6.07, 6.45) is 3.05. The average molecular weight is 354 g/mol. The summed E-state index contributed by atoms with van der Waals surface area (Å²) >= 11 is 6.14. The van der Waals surface area contributed by atoms with Gasteiger partial charge in [-0.3, -0.25) is 0 Å². The Morgan fingerprint density at radius 1 is 1.00 bits per heavy atom. The van der Waals surface area contributed by atoms with Crippen molar-refractivity contribution in [1.29, 1.82) is 0 Å². The first-order chi connectivity index (χ1) is 10.6. The molecule has 0 aromatic heterocycles. The monoisotopic (exact) mass is 353 g/mol. The fraction of sp³-hybridized carbons (Fsp3) is 0.368. The van der Waals surface area contributed by atoms with Gasteiger partial charge in [-0.1, -0.05) is 41.9 Å². The summed E-state index contributed by atoms with van der Waals surface area (Å²) in [5.41, 5.74) is 2.41. The third-order valence-corrected chi connectivity index (χ3v) is 3.75. The maximum Gasteiger partial charge on any atom is 0.122 e. The number of unbranched alkanes of at least 4 members (excludes halogenated alkanes) is 1. The second kappa shape index (κ2) is 10.5. The Kier molecular flexibility index (Phi) is 9.08. The van der Waals surface area contributed by atoms with Crippen LogP contribution in [0.5, 0.6) is 5.75 Å². The lowest BCUT2D eigenvalue weighted by Crippen LogP contribution is -2.13. The van der Waals surface area contributed by atoms with Crippen LogP contribution in [0.2, 0.25) is 5.02 Å². The average Bonchev–Trinajstić information content (AvgIpc) is 2.49. The van der Waals surface area contributed by atoms with E-state index < -0.39 is 0 Å². The second-order valence-electron chi connectivity index (χ2n) is 5.77. The number of nitrogens with zero attached hydrogens (tertiary/aromatic N) is 1. The molecule has 2 aromatic carbocycles. The predicted molar refractivity (Wildman–Crippen MR) is 101 cm³/mol. The number of rotatable bonds is 8. The third-order valence-electron chi connectivity index (χ3n) is 3.52. The molecule has 2 nitrogen and oxygen atoms in total. The zero-order chi connectivity index (χ0) is 15.8. The number of hydrogen-bond acceptors (Lipinski definition) is 2. The molecule has 0 spiro atoms. The van der Waals surface area contributed by atoms with E-state index in [1.54, 1.807) is 0 Å². The van der Waals surface area contributed by atoms with Gasteiger partial charge < -0.3 is 9.64 Å². The van der Waals surface area contributed by atoms with Crippen LogP contribution in [0.15, 0.2) is 48.5 Å². The third kappa shape index (κ3) is 7.26. The second-order valence-corrected chi connectivity index (χ2v) is 6.21. The first-order valence-electron chi connectivity index (χ1n) is 7.75. The summed E-state index contributed by atoms with van der Waals surface area (Å²) in [4.78, 5) is 2.20. The van der Waals surface area contributed by atoms with Crippen molar-refractivity contribution in [3.8, 4) is 5.75 Å². The highest BCUT2D eigenvalue weighted by molar-refractivity contribution is 6.30. The van der Waals surface area contributed by atoms with Crippen LogP contribution in [-0.2, 0) is 6.42 Å². The number of benzene rings is 2. The maximum atomic E-state index is 6.14. The highest BCUT2D eigenvalue weighted by atomic mass is 35.5. The molecule has 126 valence electrons. The minimum absolute atomic E-state index is 0. The Morgan fingerprint density at radius 2 is 1.74 bits per heavy atom. The van der Waals surface area contributed by atoms with Crippen molar-refractivity contribution in [2.24, 2.45) is 0 Å². The van der Waals surface area contributed by atoms with Gasteiger partial charge in [0.15, 0.2) is 0 Å². The van der Waals surface area contributed by atoms with Gasteiger partial charge in [0, 0.05) is 11.4 Å². The molecule has 0 N–H and O–H groups in total. The van der Waals surface area contributed by atoms with Gasteiger partial charge >= 0.3 is 0 Å². The summed E-state index contributed by atoms with van der Waals surface area (Å²) in [6.45, 7) is 1.85. The summed E-state index contributed by atoms with van der Waals surface area (Å²) in [6, 6.07) is 16.3. The molecule has 0 aliphatic carbocycles. The fourth-order valence-electron chi connectivity index (χ4n) is 2.35. The molecule has 0 heterocycles. The fourth-order valence-corrected chi connectivity index (χ4v) is 2.55. The lowest BCUT2D eigenvalue weighted by atomic mass is 10.0. The highest BCUT2D eigenvalue weighted by Gasteiger charge is 2.06. The van der Waals surface area contributed by atoms with Crippen LogP contribution < -0.4 is 4.74 Å². The van der Waals surface area contributed by atoms with E-state index in [0.29, 0.717) is 0 Å². The Morgan fingerprint density at radius 3 is 2.43 bits per heavy atom. The minimum atomic E-state index is 0. The minimum Gasteiger partial charge on any atom is -0.493 e. The first-order valence-corrected chi connectivity index (χ1v) is 8.13. The van der Waals surface area contributed by atoms with E-state index in [0.717, 1.165) is 48.7 Å². The molecule has 0 amide bonds.